The number of nitrogens with one attached hydrogen (secondary N) is 2. The number of alkyl carbamates (subject to hydrolysis) is 1. The summed E-state index contributed by atoms with van der Waals surface area (Å²) >= 11 is 0. The molecule has 1 fully saturated rings. The first kappa shape index (κ1) is 34.2. The fourth-order valence-electron chi connectivity index (χ4n) is 5.51. The van der Waals surface area contributed by atoms with Gasteiger partial charge in [0.05, 0.1) is 11.5 Å². The summed E-state index contributed by atoms with van der Waals surface area (Å²) in [6, 6.07) is 18.1. The highest BCUT2D eigenvalue weighted by Crippen LogP contribution is 2.36. The van der Waals surface area contributed by atoms with E-state index in [9.17, 15) is 27.9 Å². The minimum Gasteiger partial charge on any atom is -0.507 e. The zero-order chi connectivity index (χ0) is 34.8. The van der Waals surface area contributed by atoms with Gasteiger partial charge in [-0.05, 0) is 63.1 Å². The van der Waals surface area contributed by atoms with E-state index < -0.39 is 51.2 Å². The van der Waals surface area contributed by atoms with Crippen molar-refractivity contribution < 1.29 is 32.6 Å². The van der Waals surface area contributed by atoms with Crippen LogP contribution in [-0.2, 0) is 31.2 Å². The number of nitrogens with zero attached hydrogens (tertiary/aromatic N) is 3. The van der Waals surface area contributed by atoms with Crippen molar-refractivity contribution in [3.63, 3.8) is 0 Å². The Morgan fingerprint density at radius 3 is 2.35 bits per heavy atom. The second-order valence-electron chi connectivity index (χ2n) is 12.8. The van der Waals surface area contributed by atoms with Crippen molar-refractivity contribution in [2.75, 3.05) is 23.4 Å². The summed E-state index contributed by atoms with van der Waals surface area (Å²) < 4.78 is 32.5. The van der Waals surface area contributed by atoms with Crippen molar-refractivity contribution in [2.24, 2.45) is 7.05 Å². The summed E-state index contributed by atoms with van der Waals surface area (Å²) in [4.78, 5) is 41.7. The molecular formula is C35H39N5O7S. The second-order valence-corrected chi connectivity index (χ2v) is 15.0. The van der Waals surface area contributed by atoms with Crippen molar-refractivity contribution in [2.45, 2.75) is 45.4 Å². The van der Waals surface area contributed by atoms with Gasteiger partial charge in [0.15, 0.2) is 9.84 Å². The molecule has 3 N–H and O–H groups in total. The standard InChI is InChI=1S/C35H39N5O7S/c1-22-11-16-29(41)26(19-22)31-27(20-39(5)38-31)23-12-14-25(15-13-23)36-32(42)28-21-48(45,46)18-17-40(28)33(43)30(24-9-7-6-8-10-24)37-34(44)47-35(2,3)4/h6-16,19-20,28,30,41H,17-18,21H2,1-5H3,(H,36,42)(H,37,44)/t28-,30+/m0/s1. The topological polar surface area (TPSA) is 160 Å². The fraction of sp³-hybridized carbons (Fsp3) is 0.314. The molecule has 1 saturated heterocycles. The number of hydrogen-bond acceptors (Lipinski definition) is 8. The Hall–Kier alpha value is -5.17. The Morgan fingerprint density at radius 2 is 1.69 bits per heavy atom. The van der Waals surface area contributed by atoms with E-state index >= 15 is 0 Å². The first-order chi connectivity index (χ1) is 22.6. The number of aryl methyl sites for hydroxylation is 2. The van der Waals surface area contributed by atoms with Gasteiger partial charge in [0, 0.05) is 36.6 Å². The minimum atomic E-state index is -3.65. The zero-order valence-electron chi connectivity index (χ0n) is 27.4. The van der Waals surface area contributed by atoms with Crippen LogP contribution in [0.4, 0.5) is 10.5 Å². The van der Waals surface area contributed by atoms with E-state index in [1.165, 1.54) is 4.90 Å². The molecule has 0 aliphatic carbocycles. The number of hydrogen-bond donors (Lipinski definition) is 3. The van der Waals surface area contributed by atoms with Gasteiger partial charge < -0.3 is 25.4 Å². The summed E-state index contributed by atoms with van der Waals surface area (Å²) in [7, 11) is -1.86. The predicted molar refractivity (Wildman–Crippen MR) is 182 cm³/mol. The molecule has 13 heteroatoms. The van der Waals surface area contributed by atoms with Gasteiger partial charge in [-0.3, -0.25) is 14.3 Å². The van der Waals surface area contributed by atoms with Gasteiger partial charge in [-0.25, -0.2) is 13.2 Å². The highest BCUT2D eigenvalue weighted by molar-refractivity contribution is 7.91. The Balaban J connectivity index is 1.39. The molecule has 1 aromatic heterocycles. The van der Waals surface area contributed by atoms with Crippen LogP contribution in [0, 0.1) is 6.92 Å². The highest BCUT2D eigenvalue weighted by Gasteiger charge is 2.42. The van der Waals surface area contributed by atoms with E-state index in [1.54, 1.807) is 93.2 Å². The molecule has 3 amide bonds. The monoisotopic (exact) mass is 673 g/mol. The third-order valence-electron chi connectivity index (χ3n) is 7.76. The molecule has 1 aliphatic rings. The summed E-state index contributed by atoms with van der Waals surface area (Å²) in [6.45, 7) is 6.78. The maximum Gasteiger partial charge on any atom is 0.408 e. The molecule has 1 aliphatic heterocycles. The first-order valence-corrected chi connectivity index (χ1v) is 17.2. The second kappa shape index (κ2) is 13.5. The van der Waals surface area contributed by atoms with Gasteiger partial charge in [0.1, 0.15) is 29.1 Å². The molecule has 3 aromatic carbocycles. The van der Waals surface area contributed by atoms with E-state index in [1.807, 2.05) is 25.3 Å². The van der Waals surface area contributed by atoms with Crippen LogP contribution in [0.25, 0.3) is 22.4 Å². The number of carbonyl (C=O) groups excluding carboxylic acids is 3. The van der Waals surface area contributed by atoms with Crippen molar-refractivity contribution in [1.82, 2.24) is 20.0 Å². The van der Waals surface area contributed by atoms with Crippen LogP contribution in [0.2, 0.25) is 0 Å². The number of phenols is 1. The quantitative estimate of drug-likeness (QED) is 0.257. The van der Waals surface area contributed by atoms with Crippen LogP contribution >= 0.6 is 0 Å². The molecule has 0 radical (unpaired) electrons. The van der Waals surface area contributed by atoms with E-state index in [-0.39, 0.29) is 18.0 Å². The first-order valence-electron chi connectivity index (χ1n) is 15.4. The number of amides is 3. The van der Waals surface area contributed by atoms with Crippen LogP contribution in [0.5, 0.6) is 5.75 Å². The zero-order valence-corrected chi connectivity index (χ0v) is 28.2. The van der Waals surface area contributed by atoms with Crippen molar-refractivity contribution in [3.8, 4) is 28.1 Å². The van der Waals surface area contributed by atoms with Gasteiger partial charge in [-0.1, -0.05) is 54.1 Å². The minimum absolute atomic E-state index is 0.0989. The maximum absolute atomic E-state index is 14.0. The average molecular weight is 674 g/mol. The Bertz CT molecular complexity index is 1930. The molecule has 0 unspecified atom stereocenters. The third kappa shape index (κ3) is 8.03. The van der Waals surface area contributed by atoms with Crippen molar-refractivity contribution >= 4 is 33.4 Å². The van der Waals surface area contributed by atoms with Crippen LogP contribution < -0.4 is 10.6 Å². The number of benzene rings is 3. The summed E-state index contributed by atoms with van der Waals surface area (Å²) in [6.07, 6.45) is 1.00. The number of ether oxygens (including phenoxy) is 1. The van der Waals surface area contributed by atoms with Gasteiger partial charge >= 0.3 is 6.09 Å². The molecule has 0 spiro atoms. The van der Waals surface area contributed by atoms with Gasteiger partial charge in [0.25, 0.3) is 5.91 Å². The lowest BCUT2D eigenvalue weighted by atomic mass is 9.99. The third-order valence-corrected chi connectivity index (χ3v) is 9.39. The average Bonchev–Trinajstić information content (AvgIpc) is 3.41. The van der Waals surface area contributed by atoms with E-state index in [4.69, 9.17) is 4.74 Å². The molecule has 0 saturated carbocycles. The fourth-order valence-corrected chi connectivity index (χ4v) is 6.96. The lowest BCUT2D eigenvalue weighted by Gasteiger charge is -2.37. The van der Waals surface area contributed by atoms with E-state index in [2.05, 4.69) is 15.7 Å². The number of sulfone groups is 1. The van der Waals surface area contributed by atoms with Crippen LogP contribution in [0.1, 0.15) is 37.9 Å². The SMILES string of the molecule is Cc1ccc(O)c(-c2nn(C)cc2-c2ccc(NC(=O)[C@@H]3CS(=O)(=O)CCN3C(=O)[C@H](NC(=O)OC(C)(C)C)c3ccccc3)cc2)c1. The Kier molecular flexibility index (Phi) is 9.62. The van der Waals surface area contributed by atoms with Gasteiger partial charge in [0.2, 0.25) is 5.91 Å². The molecule has 0 bridgehead atoms. The largest absolute Gasteiger partial charge is 0.507 e. The van der Waals surface area contributed by atoms with Crippen molar-refractivity contribution in [3.05, 3.63) is 90.1 Å². The predicted octanol–water partition coefficient (Wildman–Crippen LogP) is 4.60. The van der Waals surface area contributed by atoms with Gasteiger partial charge in [-0.2, -0.15) is 5.10 Å². The maximum atomic E-state index is 14.0. The van der Waals surface area contributed by atoms with E-state index in [0.29, 0.717) is 22.5 Å². The van der Waals surface area contributed by atoms with Crippen molar-refractivity contribution in [1.29, 1.82) is 0 Å². The summed E-state index contributed by atoms with van der Waals surface area (Å²) in [5, 5.41) is 20.5. The highest BCUT2D eigenvalue weighted by atomic mass is 32.2. The van der Waals surface area contributed by atoms with Crippen LogP contribution in [-0.4, -0.2) is 75.8 Å². The summed E-state index contributed by atoms with van der Waals surface area (Å²) in [5.74, 6) is -2.12. The number of rotatable bonds is 7. The number of aromatic nitrogens is 2. The van der Waals surface area contributed by atoms with Gasteiger partial charge in [-0.15, -0.1) is 0 Å². The Labute approximate surface area is 279 Å². The molecule has 2 heterocycles. The van der Waals surface area contributed by atoms with E-state index in [0.717, 1.165) is 16.7 Å². The number of carbonyl (C=O) groups is 3. The Morgan fingerprint density at radius 1 is 1.00 bits per heavy atom. The molecule has 48 heavy (non-hydrogen) atoms. The molecule has 5 rings (SSSR count). The number of phenolic OH excluding ortho intramolecular Hbond substituents is 1. The molecular weight excluding hydrogens is 634 g/mol. The number of aromatic hydroxyl groups is 1. The van der Waals surface area contributed by atoms with Crippen LogP contribution in [0.15, 0.2) is 79.0 Å². The lowest BCUT2D eigenvalue weighted by Crippen LogP contribution is -2.58. The molecule has 4 aromatic rings. The molecule has 252 valence electrons. The molecule has 12 nitrogen and oxygen atoms in total. The lowest BCUT2D eigenvalue weighted by molar-refractivity contribution is -0.139. The smallest absolute Gasteiger partial charge is 0.408 e. The molecule has 2 atom stereocenters. The number of anilines is 1. The normalized spacial score (nSPS) is 16.5. The summed E-state index contributed by atoms with van der Waals surface area (Å²) in [5.41, 5.74) is 3.67. The van der Waals surface area contributed by atoms with Crippen LogP contribution in [0.3, 0.4) is 0 Å².